The molecule has 2 aliphatic rings. The van der Waals surface area contributed by atoms with Crippen molar-refractivity contribution in [3.63, 3.8) is 0 Å². The maximum Gasteiger partial charge on any atom is 0.251 e. The maximum atomic E-state index is 12.7. The Hall–Kier alpha value is -2.21. The smallest absolute Gasteiger partial charge is 0.251 e. The minimum Gasteiger partial charge on any atom is -0.369 e. The van der Waals surface area contributed by atoms with Crippen molar-refractivity contribution >= 4 is 23.4 Å². The first-order valence-electron chi connectivity index (χ1n) is 7.94. The second-order valence-corrected chi connectivity index (χ2v) is 6.34. The molecule has 0 bridgehead atoms. The van der Waals surface area contributed by atoms with Gasteiger partial charge in [-0.1, -0.05) is 12.1 Å². The fourth-order valence-electron chi connectivity index (χ4n) is 3.44. The van der Waals surface area contributed by atoms with Crippen molar-refractivity contribution in [2.24, 2.45) is 11.7 Å². The van der Waals surface area contributed by atoms with E-state index in [1.54, 1.807) is 6.07 Å². The summed E-state index contributed by atoms with van der Waals surface area (Å²) in [5.41, 5.74) is 6.98. The molecule has 1 atom stereocenters. The summed E-state index contributed by atoms with van der Waals surface area (Å²) in [6.45, 7) is 3.18. The van der Waals surface area contributed by atoms with Crippen molar-refractivity contribution in [1.82, 2.24) is 4.90 Å². The van der Waals surface area contributed by atoms with Gasteiger partial charge in [0, 0.05) is 5.92 Å². The van der Waals surface area contributed by atoms with Gasteiger partial charge in [-0.2, -0.15) is 0 Å². The number of nitrogens with zero attached hydrogens (tertiary/aromatic N) is 2. The molecule has 0 radical (unpaired) electrons. The predicted octanol–water partition coefficient (Wildman–Crippen LogP) is 0.824. The quantitative estimate of drug-likeness (QED) is 0.837. The molecule has 6 heteroatoms. The van der Waals surface area contributed by atoms with Crippen molar-refractivity contribution in [3.8, 4) is 0 Å². The van der Waals surface area contributed by atoms with Crippen molar-refractivity contribution in [2.75, 3.05) is 18.0 Å². The zero-order valence-corrected chi connectivity index (χ0v) is 13.2. The molecule has 6 nitrogen and oxygen atoms in total. The van der Waals surface area contributed by atoms with Gasteiger partial charge in [-0.05, 0) is 50.6 Å². The second kappa shape index (κ2) is 6.12. The van der Waals surface area contributed by atoms with Crippen LogP contribution in [0.3, 0.4) is 0 Å². The number of hydrogen-bond donors (Lipinski definition) is 1. The number of carbonyl (C=O) groups is 3. The lowest BCUT2D eigenvalue weighted by molar-refractivity contribution is -0.124. The third-order valence-electron chi connectivity index (χ3n) is 4.76. The van der Waals surface area contributed by atoms with E-state index >= 15 is 0 Å². The third kappa shape index (κ3) is 2.99. The third-order valence-corrected chi connectivity index (χ3v) is 4.76. The molecule has 2 aliphatic heterocycles. The number of benzene rings is 1. The predicted molar refractivity (Wildman–Crippen MR) is 85.6 cm³/mol. The van der Waals surface area contributed by atoms with Gasteiger partial charge in [0.2, 0.25) is 11.8 Å². The van der Waals surface area contributed by atoms with E-state index in [4.69, 9.17) is 5.73 Å². The van der Waals surface area contributed by atoms with Crippen molar-refractivity contribution in [1.29, 1.82) is 0 Å². The molecule has 23 heavy (non-hydrogen) atoms. The standard InChI is InChI=1S/C17H21N3O3/c1-11-3-2-4-13(9-11)20-15(21)10-14(17(20)23)19-7-5-12(6-8-19)16(18)22/h2-4,9,12,14H,5-8,10H2,1H3,(H2,18,22). The number of likely N-dealkylation sites (tertiary alicyclic amines) is 1. The molecule has 1 aromatic carbocycles. The fourth-order valence-corrected chi connectivity index (χ4v) is 3.44. The van der Waals surface area contributed by atoms with Gasteiger partial charge in [-0.25, -0.2) is 4.90 Å². The monoisotopic (exact) mass is 315 g/mol. The Morgan fingerprint density at radius 3 is 2.52 bits per heavy atom. The summed E-state index contributed by atoms with van der Waals surface area (Å²) in [4.78, 5) is 39.6. The minimum absolute atomic E-state index is 0.119. The lowest BCUT2D eigenvalue weighted by Gasteiger charge is -2.33. The van der Waals surface area contributed by atoms with Crippen LogP contribution in [0.25, 0.3) is 0 Å². The summed E-state index contributed by atoms with van der Waals surface area (Å²) in [5, 5.41) is 0. The zero-order valence-electron chi connectivity index (χ0n) is 13.2. The van der Waals surface area contributed by atoms with Crippen LogP contribution in [0.15, 0.2) is 24.3 Å². The van der Waals surface area contributed by atoms with Gasteiger partial charge in [0.15, 0.2) is 0 Å². The van der Waals surface area contributed by atoms with Crippen LogP contribution < -0.4 is 10.6 Å². The molecule has 2 N–H and O–H groups in total. The highest BCUT2D eigenvalue weighted by atomic mass is 16.2. The first-order chi connectivity index (χ1) is 11.0. The maximum absolute atomic E-state index is 12.7. The number of aryl methyl sites for hydroxylation is 1. The molecule has 0 aromatic heterocycles. The average molecular weight is 315 g/mol. The number of nitrogens with two attached hydrogens (primary N) is 1. The van der Waals surface area contributed by atoms with E-state index in [1.165, 1.54) is 4.90 Å². The van der Waals surface area contributed by atoms with Crippen molar-refractivity contribution in [2.45, 2.75) is 32.2 Å². The fraction of sp³-hybridized carbons (Fsp3) is 0.471. The van der Waals surface area contributed by atoms with E-state index in [-0.39, 0.29) is 30.1 Å². The van der Waals surface area contributed by atoms with Crippen LogP contribution in [0.4, 0.5) is 5.69 Å². The first-order valence-corrected chi connectivity index (χ1v) is 7.94. The van der Waals surface area contributed by atoms with E-state index < -0.39 is 6.04 Å². The van der Waals surface area contributed by atoms with Gasteiger partial charge < -0.3 is 5.73 Å². The molecule has 2 fully saturated rings. The van der Waals surface area contributed by atoms with Crippen molar-refractivity contribution in [3.05, 3.63) is 29.8 Å². The van der Waals surface area contributed by atoms with E-state index in [1.807, 2.05) is 30.0 Å². The molecule has 2 saturated heterocycles. The van der Waals surface area contributed by atoms with E-state index in [2.05, 4.69) is 0 Å². The second-order valence-electron chi connectivity index (χ2n) is 6.34. The zero-order chi connectivity index (χ0) is 16.6. The Kier molecular flexibility index (Phi) is 4.17. The first kappa shape index (κ1) is 15.7. The molecule has 0 aliphatic carbocycles. The molecule has 1 unspecified atom stereocenters. The summed E-state index contributed by atoms with van der Waals surface area (Å²) in [6, 6.07) is 6.98. The number of anilines is 1. The van der Waals surface area contributed by atoms with E-state index in [0.29, 0.717) is 31.6 Å². The molecule has 1 aromatic rings. The highest BCUT2D eigenvalue weighted by molar-refractivity contribution is 6.22. The lowest BCUT2D eigenvalue weighted by atomic mass is 9.95. The number of amides is 3. The molecular formula is C17H21N3O3. The molecule has 122 valence electrons. The summed E-state index contributed by atoms with van der Waals surface area (Å²) in [5.74, 6) is -0.730. The van der Waals surface area contributed by atoms with Crippen LogP contribution in [0.1, 0.15) is 24.8 Å². The number of imide groups is 1. The van der Waals surface area contributed by atoms with Crippen LogP contribution in [0.2, 0.25) is 0 Å². The van der Waals surface area contributed by atoms with Gasteiger partial charge in [-0.15, -0.1) is 0 Å². The molecule has 3 rings (SSSR count). The summed E-state index contributed by atoms with van der Waals surface area (Å²) >= 11 is 0. The normalized spacial score (nSPS) is 23.5. The summed E-state index contributed by atoms with van der Waals surface area (Å²) < 4.78 is 0. The molecule has 3 amide bonds. The number of hydrogen-bond acceptors (Lipinski definition) is 4. The highest BCUT2D eigenvalue weighted by Crippen LogP contribution is 2.28. The molecule has 0 spiro atoms. The van der Waals surface area contributed by atoms with Crippen LogP contribution in [0, 0.1) is 12.8 Å². The molecule has 2 heterocycles. The Bertz CT molecular complexity index is 650. The van der Waals surface area contributed by atoms with Gasteiger partial charge in [0.25, 0.3) is 5.91 Å². The Morgan fingerprint density at radius 2 is 1.91 bits per heavy atom. The van der Waals surface area contributed by atoms with Crippen LogP contribution in [0.5, 0.6) is 0 Å². The Morgan fingerprint density at radius 1 is 1.22 bits per heavy atom. The Balaban J connectivity index is 1.73. The summed E-state index contributed by atoms with van der Waals surface area (Å²) in [7, 11) is 0. The van der Waals surface area contributed by atoms with Crippen LogP contribution >= 0.6 is 0 Å². The van der Waals surface area contributed by atoms with Crippen LogP contribution in [-0.4, -0.2) is 41.8 Å². The largest absolute Gasteiger partial charge is 0.369 e. The van der Waals surface area contributed by atoms with Gasteiger partial charge in [-0.3, -0.25) is 19.3 Å². The van der Waals surface area contributed by atoms with Crippen LogP contribution in [-0.2, 0) is 14.4 Å². The SMILES string of the molecule is Cc1cccc(N2C(=O)CC(N3CCC(C(N)=O)CC3)C2=O)c1. The van der Waals surface area contributed by atoms with E-state index in [9.17, 15) is 14.4 Å². The van der Waals surface area contributed by atoms with Gasteiger partial charge >= 0.3 is 0 Å². The molecule has 0 saturated carbocycles. The van der Waals surface area contributed by atoms with Gasteiger partial charge in [0.05, 0.1) is 18.2 Å². The molecular weight excluding hydrogens is 294 g/mol. The number of piperidine rings is 1. The summed E-state index contributed by atoms with van der Waals surface area (Å²) in [6.07, 6.45) is 1.50. The highest BCUT2D eigenvalue weighted by Gasteiger charge is 2.43. The minimum atomic E-state index is -0.420. The topological polar surface area (TPSA) is 83.7 Å². The number of rotatable bonds is 3. The average Bonchev–Trinajstić information content (AvgIpc) is 2.82. The van der Waals surface area contributed by atoms with Crippen molar-refractivity contribution < 1.29 is 14.4 Å². The lowest BCUT2D eigenvalue weighted by Crippen LogP contribution is -2.47. The van der Waals surface area contributed by atoms with Gasteiger partial charge in [0.1, 0.15) is 0 Å². The van der Waals surface area contributed by atoms with E-state index in [0.717, 1.165) is 5.56 Å². The number of carbonyl (C=O) groups excluding carboxylic acids is 3. The Labute approximate surface area is 135 Å². The number of primary amides is 1.